The Morgan fingerprint density at radius 2 is 2.25 bits per heavy atom. The second kappa shape index (κ2) is 9.01. The summed E-state index contributed by atoms with van der Waals surface area (Å²) in [5, 5.41) is 13.6. The van der Waals surface area contributed by atoms with Crippen LogP contribution in [0.2, 0.25) is 0 Å². The molecule has 1 saturated heterocycles. The number of carbonyl (C=O) groups is 2. The largest absolute Gasteiger partial charge is 0.442 e. The van der Waals surface area contributed by atoms with Gasteiger partial charge in [0, 0.05) is 26.1 Å². The average Bonchev–Trinajstić information content (AvgIpc) is 3.00. The smallest absolute Gasteiger partial charge is 0.414 e. The fourth-order valence-electron chi connectivity index (χ4n) is 3.25. The van der Waals surface area contributed by atoms with Crippen molar-refractivity contribution in [2.24, 2.45) is 0 Å². The SMILES string of the molecule is CC(=O)NCC1CN(c2ccc(N(C=N)CCNC3CCC3)c(F)c2)C(=O)O1. The Bertz CT molecular complexity index is 740. The topological polar surface area (TPSA) is 97.8 Å². The van der Waals surface area contributed by atoms with Gasteiger partial charge in [0.05, 0.1) is 30.8 Å². The van der Waals surface area contributed by atoms with Crippen LogP contribution in [-0.2, 0) is 9.53 Å². The molecule has 0 spiro atoms. The van der Waals surface area contributed by atoms with Gasteiger partial charge in [-0.2, -0.15) is 0 Å². The molecule has 9 heteroatoms. The van der Waals surface area contributed by atoms with Crippen LogP contribution in [0.3, 0.4) is 0 Å². The van der Waals surface area contributed by atoms with Gasteiger partial charge in [-0.25, -0.2) is 9.18 Å². The van der Waals surface area contributed by atoms with Crippen LogP contribution >= 0.6 is 0 Å². The first-order chi connectivity index (χ1) is 13.5. The quantitative estimate of drug-likeness (QED) is 0.441. The summed E-state index contributed by atoms with van der Waals surface area (Å²) in [5.74, 6) is -0.716. The van der Waals surface area contributed by atoms with E-state index in [2.05, 4.69) is 10.6 Å². The maximum Gasteiger partial charge on any atom is 0.414 e. The first-order valence-corrected chi connectivity index (χ1v) is 9.50. The fourth-order valence-corrected chi connectivity index (χ4v) is 3.25. The van der Waals surface area contributed by atoms with E-state index in [1.807, 2.05) is 0 Å². The second-order valence-corrected chi connectivity index (χ2v) is 7.09. The Balaban J connectivity index is 1.61. The minimum absolute atomic E-state index is 0.205. The number of ether oxygens (including phenoxy) is 1. The number of hydrogen-bond donors (Lipinski definition) is 3. The molecule has 1 aliphatic carbocycles. The van der Waals surface area contributed by atoms with E-state index in [0.717, 1.165) is 6.34 Å². The molecule has 3 rings (SSSR count). The monoisotopic (exact) mass is 391 g/mol. The molecule has 1 aromatic carbocycles. The fraction of sp³-hybridized carbons (Fsp3) is 0.526. The molecular weight excluding hydrogens is 365 g/mol. The van der Waals surface area contributed by atoms with E-state index in [9.17, 15) is 14.0 Å². The molecule has 1 heterocycles. The van der Waals surface area contributed by atoms with Crippen LogP contribution in [0.15, 0.2) is 18.2 Å². The van der Waals surface area contributed by atoms with Crippen molar-refractivity contribution < 1.29 is 18.7 Å². The van der Waals surface area contributed by atoms with Crippen molar-refractivity contribution in [2.45, 2.75) is 38.3 Å². The van der Waals surface area contributed by atoms with Crippen LogP contribution in [0.4, 0.5) is 20.6 Å². The van der Waals surface area contributed by atoms with Gasteiger partial charge in [-0.05, 0) is 31.0 Å². The Labute approximate surface area is 163 Å². The van der Waals surface area contributed by atoms with Crippen LogP contribution in [0.25, 0.3) is 0 Å². The van der Waals surface area contributed by atoms with Crippen molar-refractivity contribution in [1.82, 2.24) is 10.6 Å². The normalized spacial score (nSPS) is 19.1. The molecule has 3 N–H and O–H groups in total. The molecule has 2 fully saturated rings. The second-order valence-electron chi connectivity index (χ2n) is 7.09. The Hall–Kier alpha value is -2.68. The van der Waals surface area contributed by atoms with Crippen molar-refractivity contribution in [3.8, 4) is 0 Å². The summed E-state index contributed by atoms with van der Waals surface area (Å²) in [5.41, 5.74) is 0.672. The molecule has 2 amide bonds. The van der Waals surface area contributed by atoms with Gasteiger partial charge in [0.25, 0.3) is 0 Å². The van der Waals surface area contributed by atoms with Crippen molar-refractivity contribution in [1.29, 1.82) is 5.41 Å². The Kier molecular flexibility index (Phi) is 6.45. The summed E-state index contributed by atoms with van der Waals surface area (Å²) in [6.45, 7) is 3.00. The minimum Gasteiger partial charge on any atom is -0.442 e. The third-order valence-corrected chi connectivity index (χ3v) is 5.05. The number of halogens is 1. The van der Waals surface area contributed by atoms with Crippen LogP contribution in [0.1, 0.15) is 26.2 Å². The Morgan fingerprint density at radius 3 is 2.86 bits per heavy atom. The molecule has 152 valence electrons. The first-order valence-electron chi connectivity index (χ1n) is 9.50. The third kappa shape index (κ3) is 4.78. The van der Waals surface area contributed by atoms with E-state index >= 15 is 0 Å². The maximum absolute atomic E-state index is 14.7. The third-order valence-electron chi connectivity index (χ3n) is 5.05. The molecule has 1 atom stereocenters. The van der Waals surface area contributed by atoms with Gasteiger partial charge in [-0.1, -0.05) is 6.42 Å². The maximum atomic E-state index is 14.7. The van der Waals surface area contributed by atoms with Gasteiger partial charge in [0.1, 0.15) is 11.9 Å². The number of hydrogen-bond acceptors (Lipinski definition) is 5. The van der Waals surface area contributed by atoms with Crippen LogP contribution in [0, 0.1) is 11.2 Å². The standard InChI is InChI=1S/C19H26FN5O3/c1-13(26)23-10-16-11-25(19(27)28-16)15-5-6-18(17(20)9-15)24(12-21)8-7-22-14-3-2-4-14/h5-6,9,12,14,16,21-22H,2-4,7-8,10-11H2,1H3,(H,23,26). The number of anilines is 2. The zero-order valence-corrected chi connectivity index (χ0v) is 15.9. The summed E-state index contributed by atoms with van der Waals surface area (Å²) in [4.78, 5) is 25.9. The van der Waals surface area contributed by atoms with Crippen molar-refractivity contribution >= 4 is 29.7 Å². The van der Waals surface area contributed by atoms with Crippen molar-refractivity contribution in [3.63, 3.8) is 0 Å². The molecule has 1 aliphatic heterocycles. The average molecular weight is 391 g/mol. The summed E-state index contributed by atoms with van der Waals surface area (Å²) in [7, 11) is 0. The van der Waals surface area contributed by atoms with E-state index in [-0.39, 0.29) is 24.7 Å². The lowest BCUT2D eigenvalue weighted by atomic mass is 9.93. The molecular formula is C19H26FN5O3. The number of amides is 2. The van der Waals surface area contributed by atoms with E-state index in [0.29, 0.717) is 24.8 Å². The number of cyclic esters (lactones) is 1. The number of benzene rings is 1. The predicted octanol–water partition coefficient (Wildman–Crippen LogP) is 1.84. The summed E-state index contributed by atoms with van der Waals surface area (Å²) >= 11 is 0. The summed E-state index contributed by atoms with van der Waals surface area (Å²) < 4.78 is 19.9. The number of nitrogens with zero attached hydrogens (tertiary/aromatic N) is 2. The summed E-state index contributed by atoms with van der Waals surface area (Å²) in [6, 6.07) is 5.00. The highest BCUT2D eigenvalue weighted by Crippen LogP contribution is 2.27. The van der Waals surface area contributed by atoms with Crippen LogP contribution < -0.4 is 20.4 Å². The number of nitrogens with one attached hydrogen (secondary N) is 3. The number of carbonyl (C=O) groups excluding carboxylic acids is 2. The van der Waals surface area contributed by atoms with E-state index in [4.69, 9.17) is 10.1 Å². The van der Waals surface area contributed by atoms with E-state index < -0.39 is 18.0 Å². The lowest BCUT2D eigenvalue weighted by Crippen LogP contribution is -2.40. The molecule has 2 aliphatic rings. The van der Waals surface area contributed by atoms with Gasteiger partial charge >= 0.3 is 6.09 Å². The Morgan fingerprint density at radius 1 is 1.46 bits per heavy atom. The molecule has 1 aromatic rings. The molecule has 0 radical (unpaired) electrons. The van der Waals surface area contributed by atoms with Gasteiger partial charge in [-0.15, -0.1) is 0 Å². The van der Waals surface area contributed by atoms with Crippen molar-refractivity contribution in [3.05, 3.63) is 24.0 Å². The molecule has 1 unspecified atom stereocenters. The van der Waals surface area contributed by atoms with Crippen LogP contribution in [0.5, 0.6) is 0 Å². The lowest BCUT2D eigenvalue weighted by molar-refractivity contribution is -0.119. The number of rotatable bonds is 9. The molecule has 0 aromatic heterocycles. The van der Waals surface area contributed by atoms with Crippen molar-refractivity contribution in [2.75, 3.05) is 36.0 Å². The van der Waals surface area contributed by atoms with Gasteiger partial charge in [-0.3, -0.25) is 15.1 Å². The zero-order chi connectivity index (χ0) is 20.1. The lowest BCUT2D eigenvalue weighted by Gasteiger charge is -2.28. The van der Waals surface area contributed by atoms with E-state index in [1.54, 1.807) is 12.1 Å². The highest BCUT2D eigenvalue weighted by atomic mass is 19.1. The van der Waals surface area contributed by atoms with Crippen LogP contribution in [-0.4, -0.2) is 56.7 Å². The summed E-state index contributed by atoms with van der Waals surface area (Å²) in [6.07, 6.45) is 3.64. The molecule has 8 nitrogen and oxygen atoms in total. The van der Waals surface area contributed by atoms with Gasteiger partial charge in [0.15, 0.2) is 0 Å². The highest BCUT2D eigenvalue weighted by Gasteiger charge is 2.32. The predicted molar refractivity (Wildman–Crippen MR) is 104 cm³/mol. The first kappa shape index (κ1) is 20.1. The zero-order valence-electron chi connectivity index (χ0n) is 15.9. The molecule has 0 bridgehead atoms. The molecule has 28 heavy (non-hydrogen) atoms. The van der Waals surface area contributed by atoms with Gasteiger partial charge in [0.2, 0.25) is 5.91 Å². The highest BCUT2D eigenvalue weighted by molar-refractivity contribution is 5.90. The molecule has 1 saturated carbocycles. The van der Waals surface area contributed by atoms with Gasteiger partial charge < -0.3 is 20.3 Å². The minimum atomic E-state index is -0.573. The van der Waals surface area contributed by atoms with E-state index in [1.165, 1.54) is 42.1 Å².